The Bertz CT molecular complexity index is 1290. The number of carbonyl (C=O) groups excluding carboxylic acids is 2. The Hall–Kier alpha value is -4.02. The van der Waals surface area contributed by atoms with Gasteiger partial charge in [-0.15, -0.1) is 0 Å². The van der Waals surface area contributed by atoms with Gasteiger partial charge in [0.05, 0.1) is 9.83 Å². The highest BCUT2D eigenvalue weighted by atomic mass is 32.2. The summed E-state index contributed by atoms with van der Waals surface area (Å²) in [5.74, 6) is 0.482. The molecule has 8 nitrogen and oxygen atoms in total. The second kappa shape index (κ2) is 10.3. The van der Waals surface area contributed by atoms with E-state index in [1.807, 2.05) is 48.5 Å². The number of ether oxygens (including phenoxy) is 1. The van der Waals surface area contributed by atoms with Gasteiger partial charge in [-0.05, 0) is 48.0 Å². The van der Waals surface area contributed by atoms with Crippen LogP contribution in [0.5, 0.6) is 11.5 Å². The third-order valence-electron chi connectivity index (χ3n) is 4.67. The number of nitro benzene ring substituents is 1. The summed E-state index contributed by atoms with van der Waals surface area (Å²) in [5, 5.41) is 13.4. The number of anilines is 1. The highest BCUT2D eigenvalue weighted by Crippen LogP contribution is 2.33. The molecule has 3 aromatic rings. The van der Waals surface area contributed by atoms with Gasteiger partial charge >= 0.3 is 0 Å². The van der Waals surface area contributed by atoms with E-state index in [2.05, 4.69) is 5.32 Å². The largest absolute Gasteiger partial charge is 0.457 e. The van der Waals surface area contributed by atoms with Gasteiger partial charge in [0, 0.05) is 17.8 Å². The van der Waals surface area contributed by atoms with Crippen LogP contribution in [0, 0.1) is 10.1 Å². The normalized spacial score (nSPS) is 14.4. The minimum Gasteiger partial charge on any atom is -0.457 e. The lowest BCUT2D eigenvalue weighted by Crippen LogP contribution is -2.36. The highest BCUT2D eigenvalue weighted by Gasteiger charge is 2.33. The van der Waals surface area contributed by atoms with Crippen LogP contribution in [-0.4, -0.2) is 32.5 Å². The summed E-state index contributed by atoms with van der Waals surface area (Å²) in [7, 11) is 0. The first-order valence-corrected chi connectivity index (χ1v) is 11.2. The summed E-state index contributed by atoms with van der Waals surface area (Å²) < 4.78 is 6.10. The number of nitrogens with zero attached hydrogens (tertiary/aromatic N) is 2. The molecular weight excluding hydrogens is 474 g/mol. The van der Waals surface area contributed by atoms with E-state index in [4.69, 9.17) is 17.0 Å². The minimum absolute atomic E-state index is 0.0849. The van der Waals surface area contributed by atoms with Crippen molar-refractivity contribution in [3.8, 4) is 11.5 Å². The number of thioether (sulfide) groups is 1. The predicted molar refractivity (Wildman–Crippen MR) is 135 cm³/mol. The summed E-state index contributed by atoms with van der Waals surface area (Å²) in [6.07, 6.45) is 1.70. The lowest BCUT2D eigenvalue weighted by atomic mass is 10.2. The fraction of sp³-hybridized carbons (Fsp3) is 0.0417. The zero-order chi connectivity index (χ0) is 24.1. The molecule has 3 aromatic carbocycles. The van der Waals surface area contributed by atoms with Gasteiger partial charge in [-0.1, -0.05) is 54.3 Å². The molecule has 2 amide bonds. The van der Waals surface area contributed by atoms with Crippen molar-refractivity contribution in [3.05, 3.63) is 99.4 Å². The summed E-state index contributed by atoms with van der Waals surface area (Å²) >= 11 is 6.41. The zero-order valence-corrected chi connectivity index (χ0v) is 19.2. The van der Waals surface area contributed by atoms with Gasteiger partial charge in [-0.3, -0.25) is 24.6 Å². The molecule has 0 radical (unpaired) electrons. The quantitative estimate of drug-likeness (QED) is 0.209. The van der Waals surface area contributed by atoms with Gasteiger partial charge < -0.3 is 10.1 Å². The first kappa shape index (κ1) is 23.1. The smallest absolute Gasteiger partial charge is 0.269 e. The summed E-state index contributed by atoms with van der Waals surface area (Å²) in [6.45, 7) is -0.268. The Morgan fingerprint density at radius 1 is 1.06 bits per heavy atom. The molecule has 170 valence electrons. The van der Waals surface area contributed by atoms with Crippen molar-refractivity contribution in [2.24, 2.45) is 0 Å². The minimum atomic E-state index is -0.526. The van der Waals surface area contributed by atoms with Crippen molar-refractivity contribution in [3.63, 3.8) is 0 Å². The number of nitrogens with one attached hydrogen (secondary N) is 1. The van der Waals surface area contributed by atoms with Gasteiger partial charge in [-0.2, -0.15) is 0 Å². The van der Waals surface area contributed by atoms with E-state index in [1.54, 1.807) is 12.1 Å². The number of non-ortho nitro benzene ring substituents is 1. The van der Waals surface area contributed by atoms with Crippen molar-refractivity contribution in [2.45, 2.75) is 0 Å². The maximum atomic E-state index is 12.9. The van der Waals surface area contributed by atoms with Gasteiger partial charge in [0.2, 0.25) is 5.91 Å². The Labute approximate surface area is 204 Å². The topological polar surface area (TPSA) is 102 Å². The second-order valence-electron chi connectivity index (χ2n) is 7.11. The van der Waals surface area contributed by atoms with Crippen LogP contribution in [0.4, 0.5) is 11.4 Å². The monoisotopic (exact) mass is 491 g/mol. The van der Waals surface area contributed by atoms with E-state index in [9.17, 15) is 19.7 Å². The molecule has 4 rings (SSSR count). The molecule has 0 spiro atoms. The van der Waals surface area contributed by atoms with Crippen LogP contribution in [0.3, 0.4) is 0 Å². The standard InChI is InChI=1S/C24H17N3O5S2/c28-22(25-17-9-11-18(12-10-17)27(30)31)15-26-23(29)21(34-24(26)33)14-16-5-4-8-20(13-16)32-19-6-2-1-3-7-19/h1-14H,15H2,(H,25,28)/b21-14-. The highest BCUT2D eigenvalue weighted by molar-refractivity contribution is 8.26. The molecule has 1 aliphatic heterocycles. The predicted octanol–water partition coefficient (Wildman–Crippen LogP) is 5.23. The first-order chi connectivity index (χ1) is 16.4. The number of thiocarbonyl (C=S) groups is 1. The van der Waals surface area contributed by atoms with Crippen LogP contribution >= 0.6 is 24.0 Å². The maximum absolute atomic E-state index is 12.9. The number of para-hydroxylation sites is 1. The van der Waals surface area contributed by atoms with E-state index >= 15 is 0 Å². The van der Waals surface area contributed by atoms with Gasteiger partial charge in [0.15, 0.2) is 0 Å². The molecule has 1 saturated heterocycles. The molecule has 1 aliphatic rings. The maximum Gasteiger partial charge on any atom is 0.269 e. The third kappa shape index (κ3) is 5.66. The van der Waals surface area contributed by atoms with E-state index < -0.39 is 10.8 Å². The van der Waals surface area contributed by atoms with E-state index in [-0.39, 0.29) is 22.5 Å². The number of carbonyl (C=O) groups is 2. The fourth-order valence-corrected chi connectivity index (χ4v) is 4.35. The van der Waals surface area contributed by atoms with Crippen molar-refractivity contribution >= 4 is 57.6 Å². The Morgan fingerprint density at radius 3 is 2.47 bits per heavy atom. The molecule has 34 heavy (non-hydrogen) atoms. The lowest BCUT2D eigenvalue weighted by molar-refractivity contribution is -0.384. The fourth-order valence-electron chi connectivity index (χ4n) is 3.09. The molecule has 1 heterocycles. The summed E-state index contributed by atoms with van der Waals surface area (Å²) in [4.78, 5) is 37.1. The first-order valence-electron chi connectivity index (χ1n) is 10.0. The number of hydrogen-bond acceptors (Lipinski definition) is 7. The van der Waals surface area contributed by atoms with Crippen molar-refractivity contribution in [2.75, 3.05) is 11.9 Å². The lowest BCUT2D eigenvalue weighted by Gasteiger charge is -2.14. The number of nitro groups is 1. The van der Waals surface area contributed by atoms with E-state index in [0.29, 0.717) is 22.1 Å². The van der Waals surface area contributed by atoms with Crippen LogP contribution in [0.25, 0.3) is 6.08 Å². The van der Waals surface area contributed by atoms with Gasteiger partial charge in [0.1, 0.15) is 22.4 Å². The Morgan fingerprint density at radius 2 is 1.76 bits per heavy atom. The summed E-state index contributed by atoms with van der Waals surface area (Å²) in [5.41, 5.74) is 1.05. The number of hydrogen-bond donors (Lipinski definition) is 1. The van der Waals surface area contributed by atoms with Crippen molar-refractivity contribution in [1.29, 1.82) is 0 Å². The molecule has 0 aliphatic carbocycles. The van der Waals surface area contributed by atoms with Crippen LogP contribution in [0.2, 0.25) is 0 Å². The number of benzene rings is 3. The van der Waals surface area contributed by atoms with Crippen LogP contribution in [-0.2, 0) is 9.59 Å². The van der Waals surface area contributed by atoms with E-state index in [0.717, 1.165) is 17.3 Å². The average molecular weight is 492 g/mol. The van der Waals surface area contributed by atoms with Crippen molar-refractivity contribution in [1.82, 2.24) is 4.90 Å². The van der Waals surface area contributed by atoms with Crippen LogP contribution in [0.1, 0.15) is 5.56 Å². The van der Waals surface area contributed by atoms with Crippen molar-refractivity contribution < 1.29 is 19.2 Å². The molecule has 0 atom stereocenters. The Kier molecular flexibility index (Phi) is 7.00. The molecule has 1 N–H and O–H groups in total. The van der Waals surface area contributed by atoms with Gasteiger partial charge in [-0.25, -0.2) is 0 Å². The third-order valence-corrected chi connectivity index (χ3v) is 6.05. The molecule has 10 heteroatoms. The molecule has 0 saturated carbocycles. The van der Waals surface area contributed by atoms with Gasteiger partial charge in [0.25, 0.3) is 11.6 Å². The molecule has 0 unspecified atom stereocenters. The van der Waals surface area contributed by atoms with Crippen LogP contribution < -0.4 is 10.1 Å². The molecule has 0 bridgehead atoms. The average Bonchev–Trinajstić information content (AvgIpc) is 3.07. The zero-order valence-electron chi connectivity index (χ0n) is 17.5. The number of rotatable bonds is 7. The molecule has 1 fully saturated rings. The Balaban J connectivity index is 1.41. The SMILES string of the molecule is O=C(CN1C(=O)/C(=C/c2cccc(Oc3ccccc3)c2)SC1=S)Nc1ccc([N+](=O)[O-])cc1. The van der Waals surface area contributed by atoms with E-state index in [1.165, 1.54) is 29.2 Å². The second-order valence-corrected chi connectivity index (χ2v) is 8.78. The van der Waals surface area contributed by atoms with Crippen LogP contribution in [0.15, 0.2) is 83.8 Å². The molecular formula is C24H17N3O5S2. The summed E-state index contributed by atoms with van der Waals surface area (Å²) in [6, 6.07) is 22.0. The molecule has 0 aromatic heterocycles. The number of amides is 2.